The fourth-order valence-electron chi connectivity index (χ4n) is 3.48. The Kier molecular flexibility index (Phi) is 8.46. The number of amides is 1. The number of alkyl halides is 3. The van der Waals surface area contributed by atoms with Gasteiger partial charge in [0.25, 0.3) is 5.91 Å². The highest BCUT2D eigenvalue weighted by atomic mass is 19.4. The number of carbonyl (C=O) groups excluding carboxylic acids is 2. The van der Waals surface area contributed by atoms with E-state index in [-0.39, 0.29) is 13.2 Å². The van der Waals surface area contributed by atoms with E-state index in [0.717, 1.165) is 49.1 Å². The van der Waals surface area contributed by atoms with Gasteiger partial charge in [-0.1, -0.05) is 45.1 Å². The topological polar surface area (TPSA) is 46.6 Å². The van der Waals surface area contributed by atoms with Gasteiger partial charge in [-0.3, -0.25) is 4.79 Å². The molecule has 4 nitrogen and oxygen atoms in total. The predicted molar refractivity (Wildman–Crippen MR) is 99.8 cm³/mol. The molecule has 1 aromatic carbocycles. The Hall–Kier alpha value is -2.12. The largest absolute Gasteiger partial charge is 0.464 e. The number of esters is 1. The van der Waals surface area contributed by atoms with Gasteiger partial charge in [-0.05, 0) is 31.4 Å². The smallest absolute Gasteiger partial charge is 0.419 e. The average Bonchev–Trinajstić information content (AvgIpc) is 3.16. The van der Waals surface area contributed by atoms with Gasteiger partial charge in [0.05, 0.1) is 17.7 Å². The standard InChI is InChI=1S/C21H27F4NO3/c1-2-3-4-5-6-7-14-29-20(28)17-12-9-13-26(17)19(27)15-10-8-11-16(18(15)22)21(23,24)25/h8,10-11,17H,2-7,9,12-14H2,1H3. The maximum Gasteiger partial charge on any atom is 0.419 e. The van der Waals surface area contributed by atoms with Gasteiger partial charge >= 0.3 is 12.1 Å². The Morgan fingerprint density at radius 3 is 2.52 bits per heavy atom. The van der Waals surface area contributed by atoms with Crippen molar-refractivity contribution in [1.82, 2.24) is 4.90 Å². The molecule has 1 aliphatic heterocycles. The number of likely N-dealkylation sites (tertiary alicyclic amines) is 1. The fraction of sp³-hybridized carbons (Fsp3) is 0.619. The van der Waals surface area contributed by atoms with Crippen LogP contribution in [0.25, 0.3) is 0 Å². The lowest BCUT2D eigenvalue weighted by Gasteiger charge is -2.24. The first-order valence-electron chi connectivity index (χ1n) is 10.1. The highest BCUT2D eigenvalue weighted by Crippen LogP contribution is 2.33. The predicted octanol–water partition coefficient (Wildman–Crippen LogP) is 5.35. The molecule has 1 aromatic rings. The maximum absolute atomic E-state index is 14.3. The fourth-order valence-corrected chi connectivity index (χ4v) is 3.48. The summed E-state index contributed by atoms with van der Waals surface area (Å²) >= 11 is 0. The second-order valence-corrected chi connectivity index (χ2v) is 7.26. The van der Waals surface area contributed by atoms with Gasteiger partial charge < -0.3 is 9.64 Å². The van der Waals surface area contributed by atoms with Crippen LogP contribution in [-0.2, 0) is 15.7 Å². The minimum atomic E-state index is -4.90. The molecular weight excluding hydrogens is 390 g/mol. The quantitative estimate of drug-likeness (QED) is 0.309. The first kappa shape index (κ1) is 23.2. The summed E-state index contributed by atoms with van der Waals surface area (Å²) in [5.74, 6) is -3.12. The summed E-state index contributed by atoms with van der Waals surface area (Å²) in [6.45, 7) is 2.54. The number of rotatable bonds is 9. The van der Waals surface area contributed by atoms with Crippen molar-refractivity contribution in [2.24, 2.45) is 0 Å². The van der Waals surface area contributed by atoms with Crippen LogP contribution in [0.5, 0.6) is 0 Å². The SMILES string of the molecule is CCCCCCCCOC(=O)C1CCCN1C(=O)c1cccc(C(F)(F)F)c1F. The lowest BCUT2D eigenvalue weighted by Crippen LogP contribution is -2.42. The van der Waals surface area contributed by atoms with Gasteiger partial charge in [0.1, 0.15) is 11.9 Å². The first-order valence-corrected chi connectivity index (χ1v) is 10.1. The van der Waals surface area contributed by atoms with Crippen LogP contribution in [-0.4, -0.2) is 36.0 Å². The monoisotopic (exact) mass is 417 g/mol. The molecule has 0 spiro atoms. The maximum atomic E-state index is 14.3. The lowest BCUT2D eigenvalue weighted by atomic mass is 10.1. The number of carbonyl (C=O) groups is 2. The second kappa shape index (κ2) is 10.6. The molecule has 2 rings (SSSR count). The van der Waals surface area contributed by atoms with E-state index in [1.54, 1.807) is 0 Å². The Balaban J connectivity index is 1.96. The first-order chi connectivity index (χ1) is 13.8. The van der Waals surface area contributed by atoms with Crippen LogP contribution in [0.4, 0.5) is 17.6 Å². The molecule has 0 aliphatic carbocycles. The summed E-state index contributed by atoms with van der Waals surface area (Å²) in [7, 11) is 0. The van der Waals surface area contributed by atoms with Crippen molar-refractivity contribution in [3.63, 3.8) is 0 Å². The van der Waals surface area contributed by atoms with Crippen molar-refractivity contribution < 1.29 is 31.9 Å². The molecule has 1 saturated heterocycles. The average molecular weight is 417 g/mol. The number of unbranched alkanes of at least 4 members (excludes halogenated alkanes) is 5. The third kappa shape index (κ3) is 6.18. The molecule has 1 unspecified atom stereocenters. The van der Waals surface area contributed by atoms with Crippen molar-refractivity contribution in [2.75, 3.05) is 13.2 Å². The number of nitrogens with zero attached hydrogens (tertiary/aromatic N) is 1. The zero-order valence-corrected chi connectivity index (χ0v) is 16.6. The number of hydrogen-bond acceptors (Lipinski definition) is 3. The summed E-state index contributed by atoms with van der Waals surface area (Å²) in [5, 5.41) is 0. The third-order valence-corrected chi connectivity index (χ3v) is 5.06. The van der Waals surface area contributed by atoms with E-state index >= 15 is 0 Å². The number of hydrogen-bond donors (Lipinski definition) is 0. The molecule has 1 aliphatic rings. The second-order valence-electron chi connectivity index (χ2n) is 7.26. The Morgan fingerprint density at radius 2 is 1.83 bits per heavy atom. The van der Waals surface area contributed by atoms with Gasteiger partial charge in [0.15, 0.2) is 0 Å². The van der Waals surface area contributed by atoms with Gasteiger partial charge in [-0.15, -0.1) is 0 Å². The Labute approximate surface area is 168 Å². The van der Waals surface area contributed by atoms with Crippen LogP contribution in [0.3, 0.4) is 0 Å². The van der Waals surface area contributed by atoms with Crippen LogP contribution in [0.2, 0.25) is 0 Å². The molecule has 0 N–H and O–H groups in total. The number of ether oxygens (including phenoxy) is 1. The normalized spacial score (nSPS) is 16.9. The third-order valence-electron chi connectivity index (χ3n) is 5.06. The van der Waals surface area contributed by atoms with Crippen LogP contribution >= 0.6 is 0 Å². The van der Waals surface area contributed by atoms with Gasteiger partial charge in [-0.2, -0.15) is 13.2 Å². The number of halogens is 4. The van der Waals surface area contributed by atoms with Crippen molar-refractivity contribution in [2.45, 2.75) is 70.5 Å². The zero-order chi connectivity index (χ0) is 21.4. The van der Waals surface area contributed by atoms with E-state index in [0.29, 0.717) is 18.9 Å². The molecule has 1 fully saturated rings. The Bertz CT molecular complexity index is 706. The van der Waals surface area contributed by atoms with Crippen molar-refractivity contribution in [1.29, 1.82) is 0 Å². The minimum Gasteiger partial charge on any atom is -0.464 e. The molecule has 29 heavy (non-hydrogen) atoms. The summed E-state index contributed by atoms with van der Waals surface area (Å²) in [6, 6.07) is 1.68. The lowest BCUT2D eigenvalue weighted by molar-refractivity contribution is -0.148. The van der Waals surface area contributed by atoms with Crippen molar-refractivity contribution in [3.8, 4) is 0 Å². The van der Waals surface area contributed by atoms with E-state index in [4.69, 9.17) is 4.74 Å². The van der Waals surface area contributed by atoms with E-state index in [1.807, 2.05) is 0 Å². The molecule has 1 amide bonds. The van der Waals surface area contributed by atoms with Crippen LogP contribution in [0.15, 0.2) is 18.2 Å². The molecule has 0 saturated carbocycles. The van der Waals surface area contributed by atoms with Crippen LogP contribution in [0, 0.1) is 5.82 Å². The van der Waals surface area contributed by atoms with E-state index in [9.17, 15) is 27.2 Å². The molecule has 162 valence electrons. The zero-order valence-electron chi connectivity index (χ0n) is 16.6. The van der Waals surface area contributed by atoms with Crippen LogP contribution in [0.1, 0.15) is 74.2 Å². The highest BCUT2D eigenvalue weighted by Gasteiger charge is 2.39. The van der Waals surface area contributed by atoms with Crippen LogP contribution < -0.4 is 0 Å². The van der Waals surface area contributed by atoms with Gasteiger partial charge in [0.2, 0.25) is 0 Å². The summed E-state index contributed by atoms with van der Waals surface area (Å²) in [4.78, 5) is 26.1. The molecule has 1 heterocycles. The molecule has 0 bridgehead atoms. The van der Waals surface area contributed by atoms with Crippen molar-refractivity contribution in [3.05, 3.63) is 35.1 Å². The molecule has 0 aromatic heterocycles. The van der Waals surface area contributed by atoms with Crippen molar-refractivity contribution >= 4 is 11.9 Å². The Morgan fingerprint density at radius 1 is 1.14 bits per heavy atom. The molecule has 0 radical (unpaired) electrons. The summed E-state index contributed by atoms with van der Waals surface area (Å²) in [5.41, 5.74) is -2.18. The van der Waals surface area contributed by atoms with E-state index in [2.05, 4.69) is 6.92 Å². The molecular formula is C21H27F4NO3. The highest BCUT2D eigenvalue weighted by molar-refractivity contribution is 5.97. The minimum absolute atomic E-state index is 0.172. The van der Waals surface area contributed by atoms with Gasteiger partial charge in [-0.25, -0.2) is 9.18 Å². The van der Waals surface area contributed by atoms with Gasteiger partial charge in [0, 0.05) is 6.54 Å². The molecule has 8 heteroatoms. The van der Waals surface area contributed by atoms with E-state index in [1.165, 1.54) is 6.42 Å². The molecule has 1 atom stereocenters. The van der Waals surface area contributed by atoms with E-state index < -0.39 is 41.0 Å². The summed E-state index contributed by atoms with van der Waals surface area (Å²) < 4.78 is 58.3. The summed E-state index contributed by atoms with van der Waals surface area (Å²) in [6.07, 6.45) is 2.13. The number of benzene rings is 1.